The average molecular weight is 191 g/mol. The van der Waals surface area contributed by atoms with Gasteiger partial charge in [-0.2, -0.15) is 0 Å². The number of hydrogen-bond donors (Lipinski definition) is 0. The van der Waals surface area contributed by atoms with Gasteiger partial charge >= 0.3 is 0 Å². The normalized spacial score (nSPS) is 10.9. The van der Waals surface area contributed by atoms with E-state index in [0.717, 1.165) is 12.1 Å². The molecule has 0 atom stereocenters. The van der Waals surface area contributed by atoms with Crippen molar-refractivity contribution >= 4 is 0 Å². The molecule has 1 heterocycles. The molecule has 0 radical (unpaired) electrons. The van der Waals surface area contributed by atoms with Gasteiger partial charge in [-0.15, -0.1) is 5.10 Å². The predicted octanol–water partition coefficient (Wildman–Crippen LogP) is 1.89. The zero-order valence-corrected chi connectivity index (χ0v) is 9.33. The maximum atomic E-state index is 3.99. The fourth-order valence-electron chi connectivity index (χ4n) is 0.964. The second-order valence-electron chi connectivity index (χ2n) is 4.31. The molecule has 14 heavy (non-hydrogen) atoms. The first kappa shape index (κ1) is 10.8. The second-order valence-corrected chi connectivity index (χ2v) is 4.31. The third-order valence-corrected chi connectivity index (χ3v) is 1.65. The molecule has 0 aliphatic heterocycles. The summed E-state index contributed by atoms with van der Waals surface area (Å²) in [5, 5.41) is 7.97. The summed E-state index contributed by atoms with van der Waals surface area (Å²) >= 11 is 0. The van der Waals surface area contributed by atoms with E-state index < -0.39 is 0 Å². The SMILES string of the molecule is CCc1cn(CC#CC(C)(C)C)nn1. The molecule has 0 aliphatic rings. The van der Waals surface area contributed by atoms with E-state index in [1.807, 2.05) is 6.20 Å². The molecule has 0 bridgehead atoms. The zero-order chi connectivity index (χ0) is 10.6. The Hall–Kier alpha value is -1.30. The van der Waals surface area contributed by atoms with Gasteiger partial charge < -0.3 is 0 Å². The van der Waals surface area contributed by atoms with Crippen LogP contribution in [0.1, 0.15) is 33.4 Å². The minimum Gasteiger partial charge on any atom is -0.240 e. The molecule has 0 saturated heterocycles. The zero-order valence-electron chi connectivity index (χ0n) is 9.33. The van der Waals surface area contributed by atoms with E-state index in [2.05, 4.69) is 49.8 Å². The van der Waals surface area contributed by atoms with Crippen LogP contribution >= 0.6 is 0 Å². The third-order valence-electron chi connectivity index (χ3n) is 1.65. The highest BCUT2D eigenvalue weighted by Crippen LogP contribution is 2.09. The standard InChI is InChI=1S/C11H17N3/c1-5-10-9-14(13-12-10)8-6-7-11(2,3)4/h9H,5,8H2,1-4H3. The van der Waals surface area contributed by atoms with Crippen molar-refractivity contribution in [1.29, 1.82) is 0 Å². The monoisotopic (exact) mass is 191 g/mol. The lowest BCUT2D eigenvalue weighted by molar-refractivity contribution is 0.568. The number of hydrogen-bond acceptors (Lipinski definition) is 2. The van der Waals surface area contributed by atoms with Crippen molar-refractivity contribution in [3.63, 3.8) is 0 Å². The van der Waals surface area contributed by atoms with E-state index in [9.17, 15) is 0 Å². The average Bonchev–Trinajstić information content (AvgIpc) is 2.50. The number of rotatable bonds is 2. The van der Waals surface area contributed by atoms with Crippen LogP contribution < -0.4 is 0 Å². The lowest BCUT2D eigenvalue weighted by Crippen LogP contribution is -2.01. The fourth-order valence-corrected chi connectivity index (χ4v) is 0.964. The first-order chi connectivity index (χ1) is 6.51. The van der Waals surface area contributed by atoms with Crippen LogP contribution in [0.2, 0.25) is 0 Å². The molecule has 0 N–H and O–H groups in total. The van der Waals surface area contributed by atoms with Crippen LogP contribution in [0.3, 0.4) is 0 Å². The van der Waals surface area contributed by atoms with Gasteiger partial charge in [-0.3, -0.25) is 0 Å². The Morgan fingerprint density at radius 1 is 1.43 bits per heavy atom. The van der Waals surface area contributed by atoms with E-state index in [-0.39, 0.29) is 5.41 Å². The van der Waals surface area contributed by atoms with Crippen LogP contribution in [0, 0.1) is 17.3 Å². The van der Waals surface area contributed by atoms with Gasteiger partial charge in [0.15, 0.2) is 0 Å². The summed E-state index contributed by atoms with van der Waals surface area (Å²) in [7, 11) is 0. The maximum Gasteiger partial charge on any atom is 0.103 e. The molecule has 0 unspecified atom stereocenters. The van der Waals surface area contributed by atoms with Crippen LogP contribution in [-0.2, 0) is 13.0 Å². The van der Waals surface area contributed by atoms with Gasteiger partial charge in [0.25, 0.3) is 0 Å². The Morgan fingerprint density at radius 2 is 2.14 bits per heavy atom. The van der Waals surface area contributed by atoms with E-state index in [1.165, 1.54) is 0 Å². The molecule has 1 aromatic heterocycles. The van der Waals surface area contributed by atoms with Crippen molar-refractivity contribution in [3.8, 4) is 11.8 Å². The quantitative estimate of drug-likeness (QED) is 0.668. The Morgan fingerprint density at radius 3 is 2.64 bits per heavy atom. The van der Waals surface area contributed by atoms with Gasteiger partial charge in [0.05, 0.1) is 5.69 Å². The summed E-state index contributed by atoms with van der Waals surface area (Å²) in [6.45, 7) is 8.98. The molecular formula is C11H17N3. The molecule has 0 spiro atoms. The topological polar surface area (TPSA) is 30.7 Å². The minimum atomic E-state index is 0.0637. The molecule has 0 saturated carbocycles. The smallest absolute Gasteiger partial charge is 0.103 e. The van der Waals surface area contributed by atoms with Gasteiger partial charge in [-0.25, -0.2) is 4.68 Å². The molecule has 3 heteroatoms. The molecule has 1 aromatic rings. The number of aromatic nitrogens is 3. The summed E-state index contributed by atoms with van der Waals surface area (Å²) < 4.78 is 1.78. The van der Waals surface area contributed by atoms with Gasteiger partial charge in [-0.05, 0) is 27.2 Å². The first-order valence-corrected chi connectivity index (χ1v) is 4.90. The summed E-state index contributed by atoms with van der Waals surface area (Å²) in [4.78, 5) is 0. The van der Waals surface area contributed by atoms with Gasteiger partial charge in [-0.1, -0.05) is 24.0 Å². The highest BCUT2D eigenvalue weighted by atomic mass is 15.4. The highest BCUT2D eigenvalue weighted by molar-refractivity contribution is 5.07. The van der Waals surface area contributed by atoms with Crippen LogP contribution in [0.25, 0.3) is 0 Å². The lowest BCUT2D eigenvalue weighted by atomic mass is 9.98. The Balaban J connectivity index is 2.56. The maximum absolute atomic E-state index is 3.99. The van der Waals surface area contributed by atoms with Crippen molar-refractivity contribution in [3.05, 3.63) is 11.9 Å². The van der Waals surface area contributed by atoms with Crippen molar-refractivity contribution < 1.29 is 0 Å². The molecule has 76 valence electrons. The molecular weight excluding hydrogens is 174 g/mol. The van der Waals surface area contributed by atoms with Crippen molar-refractivity contribution in [1.82, 2.24) is 15.0 Å². The number of aryl methyl sites for hydroxylation is 1. The van der Waals surface area contributed by atoms with Crippen LogP contribution in [0.4, 0.5) is 0 Å². The molecule has 0 fully saturated rings. The summed E-state index contributed by atoms with van der Waals surface area (Å²) in [5.41, 5.74) is 1.08. The van der Waals surface area contributed by atoms with Crippen molar-refractivity contribution in [2.24, 2.45) is 5.41 Å². The Labute approximate surface area is 85.5 Å². The predicted molar refractivity (Wildman–Crippen MR) is 56.6 cm³/mol. The summed E-state index contributed by atoms with van der Waals surface area (Å²) in [6.07, 6.45) is 2.87. The number of nitrogens with zero attached hydrogens (tertiary/aromatic N) is 3. The van der Waals surface area contributed by atoms with E-state index in [1.54, 1.807) is 4.68 Å². The fraction of sp³-hybridized carbons (Fsp3) is 0.636. The minimum absolute atomic E-state index is 0.0637. The lowest BCUT2D eigenvalue weighted by Gasteiger charge is -2.06. The molecule has 0 aromatic carbocycles. The third kappa shape index (κ3) is 3.61. The van der Waals surface area contributed by atoms with Crippen molar-refractivity contribution in [2.75, 3.05) is 0 Å². The second kappa shape index (κ2) is 4.28. The molecule has 3 nitrogen and oxygen atoms in total. The van der Waals surface area contributed by atoms with Crippen LogP contribution in [0.15, 0.2) is 6.20 Å². The summed E-state index contributed by atoms with van der Waals surface area (Å²) in [5.74, 6) is 6.25. The van der Waals surface area contributed by atoms with Crippen LogP contribution in [0.5, 0.6) is 0 Å². The first-order valence-electron chi connectivity index (χ1n) is 4.90. The Bertz CT molecular complexity index is 347. The summed E-state index contributed by atoms with van der Waals surface area (Å²) in [6, 6.07) is 0. The highest BCUT2D eigenvalue weighted by Gasteiger charge is 2.03. The molecule has 0 amide bonds. The van der Waals surface area contributed by atoms with Gasteiger partial charge in [0.2, 0.25) is 0 Å². The van der Waals surface area contributed by atoms with Gasteiger partial charge in [0, 0.05) is 11.6 Å². The Kier molecular flexibility index (Phi) is 3.29. The van der Waals surface area contributed by atoms with Crippen molar-refractivity contribution in [2.45, 2.75) is 40.7 Å². The largest absolute Gasteiger partial charge is 0.240 e. The molecule has 0 aliphatic carbocycles. The van der Waals surface area contributed by atoms with Crippen LogP contribution in [-0.4, -0.2) is 15.0 Å². The van der Waals surface area contributed by atoms with Gasteiger partial charge in [0.1, 0.15) is 6.54 Å². The van der Waals surface area contributed by atoms with E-state index >= 15 is 0 Å². The van der Waals surface area contributed by atoms with E-state index in [4.69, 9.17) is 0 Å². The molecule has 1 rings (SSSR count). The van der Waals surface area contributed by atoms with E-state index in [0.29, 0.717) is 6.54 Å².